The summed E-state index contributed by atoms with van der Waals surface area (Å²) < 4.78 is 5.40. The van der Waals surface area contributed by atoms with Crippen molar-refractivity contribution in [3.63, 3.8) is 0 Å². The molecule has 3 heteroatoms. The van der Waals surface area contributed by atoms with Crippen LogP contribution in [0.4, 0.5) is 0 Å². The number of carboxylic acid groups (broad SMARTS) is 1. The standard InChI is InChI=1S/C30H22O3/c1-33-29-19-26(14-15-27(29)30(31)32)28(25-13-12-22-7-3-5-9-24(22)18-25)17-20-10-11-21-6-2-4-8-23(21)16-20/h2-19H,1H3,(H,31,32)/b28-17+. The van der Waals surface area contributed by atoms with Gasteiger partial charge in [0.25, 0.3) is 0 Å². The molecule has 1 N–H and O–H groups in total. The van der Waals surface area contributed by atoms with Crippen LogP contribution in [0.15, 0.2) is 103 Å². The number of methoxy groups -OCH3 is 1. The maximum atomic E-state index is 11.6. The van der Waals surface area contributed by atoms with E-state index in [0.717, 1.165) is 27.6 Å². The van der Waals surface area contributed by atoms with Crippen LogP contribution in [0.25, 0.3) is 33.2 Å². The normalized spacial score (nSPS) is 11.6. The molecule has 0 heterocycles. The van der Waals surface area contributed by atoms with E-state index in [1.165, 1.54) is 23.3 Å². The van der Waals surface area contributed by atoms with Crippen molar-refractivity contribution in [2.45, 2.75) is 0 Å². The smallest absolute Gasteiger partial charge is 0.339 e. The number of hydrogen-bond acceptors (Lipinski definition) is 2. The van der Waals surface area contributed by atoms with Crippen LogP contribution in [0.3, 0.4) is 0 Å². The second-order valence-corrected chi connectivity index (χ2v) is 7.95. The molecule has 0 aliphatic heterocycles. The fourth-order valence-electron chi connectivity index (χ4n) is 4.19. The fourth-order valence-corrected chi connectivity index (χ4v) is 4.19. The molecular weight excluding hydrogens is 408 g/mol. The number of hydrogen-bond donors (Lipinski definition) is 1. The maximum absolute atomic E-state index is 11.6. The summed E-state index contributed by atoms with van der Waals surface area (Å²) in [5, 5.41) is 14.2. The van der Waals surface area contributed by atoms with E-state index >= 15 is 0 Å². The summed E-state index contributed by atoms with van der Waals surface area (Å²) in [6.45, 7) is 0. The lowest BCUT2D eigenvalue weighted by Crippen LogP contribution is -2.01. The number of rotatable bonds is 5. The third kappa shape index (κ3) is 4.09. The van der Waals surface area contributed by atoms with Crippen LogP contribution in [-0.2, 0) is 0 Å². The lowest BCUT2D eigenvalue weighted by molar-refractivity contribution is 0.0693. The average molecular weight is 431 g/mol. The van der Waals surface area contributed by atoms with E-state index in [1.54, 1.807) is 12.1 Å². The van der Waals surface area contributed by atoms with Crippen molar-refractivity contribution < 1.29 is 14.6 Å². The van der Waals surface area contributed by atoms with E-state index in [0.29, 0.717) is 5.75 Å². The summed E-state index contributed by atoms with van der Waals surface area (Å²) in [7, 11) is 1.49. The monoisotopic (exact) mass is 430 g/mol. The van der Waals surface area contributed by atoms with Crippen molar-refractivity contribution in [2.24, 2.45) is 0 Å². The minimum absolute atomic E-state index is 0.143. The van der Waals surface area contributed by atoms with Gasteiger partial charge in [0.2, 0.25) is 0 Å². The van der Waals surface area contributed by atoms with Gasteiger partial charge in [-0.2, -0.15) is 0 Å². The number of ether oxygens (including phenoxy) is 1. The van der Waals surface area contributed by atoms with Gasteiger partial charge in [0.1, 0.15) is 11.3 Å². The van der Waals surface area contributed by atoms with Crippen LogP contribution < -0.4 is 4.74 Å². The van der Waals surface area contributed by atoms with E-state index in [-0.39, 0.29) is 5.56 Å². The molecule has 160 valence electrons. The van der Waals surface area contributed by atoms with Gasteiger partial charge in [-0.1, -0.05) is 78.9 Å². The Bertz CT molecular complexity index is 1530. The van der Waals surface area contributed by atoms with Crippen molar-refractivity contribution in [3.05, 3.63) is 125 Å². The van der Waals surface area contributed by atoms with Crippen LogP contribution in [0.1, 0.15) is 27.0 Å². The molecule has 0 amide bonds. The molecule has 0 saturated carbocycles. The number of aromatic carboxylic acids is 1. The summed E-state index contributed by atoms with van der Waals surface area (Å²) in [6, 6.07) is 34.5. The molecule has 0 spiro atoms. The van der Waals surface area contributed by atoms with Gasteiger partial charge in [-0.05, 0) is 74.1 Å². The summed E-state index contributed by atoms with van der Waals surface area (Å²) >= 11 is 0. The van der Waals surface area contributed by atoms with Crippen LogP contribution in [0.2, 0.25) is 0 Å². The summed E-state index contributed by atoms with van der Waals surface area (Å²) in [4.78, 5) is 11.6. The first-order valence-electron chi connectivity index (χ1n) is 10.7. The topological polar surface area (TPSA) is 46.5 Å². The van der Waals surface area contributed by atoms with Gasteiger partial charge < -0.3 is 9.84 Å². The Morgan fingerprint density at radius 2 is 1.27 bits per heavy atom. The molecule has 0 saturated heterocycles. The molecule has 0 radical (unpaired) electrons. The number of benzene rings is 5. The summed E-state index contributed by atoms with van der Waals surface area (Å²) in [5.41, 5.74) is 4.14. The molecule has 0 unspecified atom stereocenters. The first-order chi connectivity index (χ1) is 16.1. The van der Waals surface area contributed by atoms with E-state index < -0.39 is 5.97 Å². The maximum Gasteiger partial charge on any atom is 0.339 e. The van der Waals surface area contributed by atoms with Crippen molar-refractivity contribution in [3.8, 4) is 5.75 Å². The van der Waals surface area contributed by atoms with Gasteiger partial charge in [-0.25, -0.2) is 4.79 Å². The molecule has 0 aliphatic rings. The lowest BCUT2D eigenvalue weighted by Gasteiger charge is -2.13. The van der Waals surface area contributed by atoms with Gasteiger partial charge in [0.05, 0.1) is 7.11 Å². The first-order valence-corrected chi connectivity index (χ1v) is 10.7. The molecule has 5 aromatic carbocycles. The molecule has 0 fully saturated rings. The van der Waals surface area contributed by atoms with Gasteiger partial charge >= 0.3 is 5.97 Å². The largest absolute Gasteiger partial charge is 0.496 e. The van der Waals surface area contributed by atoms with Crippen molar-refractivity contribution in [1.29, 1.82) is 0 Å². The molecule has 3 nitrogen and oxygen atoms in total. The zero-order valence-electron chi connectivity index (χ0n) is 18.2. The highest BCUT2D eigenvalue weighted by Crippen LogP contribution is 2.32. The fraction of sp³-hybridized carbons (Fsp3) is 0.0333. The van der Waals surface area contributed by atoms with E-state index in [2.05, 4.69) is 66.7 Å². The van der Waals surface area contributed by atoms with Crippen LogP contribution in [0.5, 0.6) is 5.75 Å². The Hall–Kier alpha value is -4.37. The van der Waals surface area contributed by atoms with Gasteiger partial charge in [0, 0.05) is 0 Å². The Morgan fingerprint density at radius 3 is 1.94 bits per heavy atom. The summed E-state index contributed by atoms with van der Waals surface area (Å²) in [5.74, 6) is -0.672. The zero-order valence-corrected chi connectivity index (χ0v) is 18.2. The second kappa shape index (κ2) is 8.64. The Kier molecular flexibility index (Phi) is 5.37. The molecule has 0 aromatic heterocycles. The van der Waals surface area contributed by atoms with Gasteiger partial charge in [0.15, 0.2) is 0 Å². The minimum atomic E-state index is -1.01. The van der Waals surface area contributed by atoms with E-state index in [9.17, 15) is 9.90 Å². The highest BCUT2D eigenvalue weighted by molar-refractivity contribution is 5.98. The van der Waals surface area contributed by atoms with Gasteiger partial charge in [-0.15, -0.1) is 0 Å². The summed E-state index contributed by atoms with van der Waals surface area (Å²) in [6.07, 6.45) is 2.14. The molecule has 5 rings (SSSR count). The van der Waals surface area contributed by atoms with Crippen LogP contribution in [0, 0.1) is 0 Å². The highest BCUT2D eigenvalue weighted by atomic mass is 16.5. The van der Waals surface area contributed by atoms with E-state index in [1.807, 2.05) is 30.3 Å². The molecule has 0 aliphatic carbocycles. The number of carboxylic acids is 1. The van der Waals surface area contributed by atoms with Crippen molar-refractivity contribution in [2.75, 3.05) is 7.11 Å². The molecular formula is C30H22O3. The third-order valence-electron chi connectivity index (χ3n) is 5.89. The average Bonchev–Trinajstić information content (AvgIpc) is 2.86. The number of fused-ring (bicyclic) bond motifs is 2. The third-order valence-corrected chi connectivity index (χ3v) is 5.89. The Balaban J connectivity index is 1.71. The Labute approximate surface area is 192 Å². The molecule has 33 heavy (non-hydrogen) atoms. The van der Waals surface area contributed by atoms with Gasteiger partial charge in [-0.3, -0.25) is 0 Å². The van der Waals surface area contributed by atoms with Crippen molar-refractivity contribution >= 4 is 39.2 Å². The highest BCUT2D eigenvalue weighted by Gasteiger charge is 2.14. The predicted molar refractivity (Wildman–Crippen MR) is 135 cm³/mol. The Morgan fingerprint density at radius 1 is 0.697 bits per heavy atom. The molecule has 0 bridgehead atoms. The molecule has 0 atom stereocenters. The van der Waals surface area contributed by atoms with Crippen LogP contribution in [-0.4, -0.2) is 18.2 Å². The van der Waals surface area contributed by atoms with Crippen LogP contribution >= 0.6 is 0 Å². The lowest BCUT2D eigenvalue weighted by atomic mass is 9.92. The molecule has 5 aromatic rings. The zero-order chi connectivity index (χ0) is 22.8. The quantitative estimate of drug-likeness (QED) is 0.298. The van der Waals surface area contributed by atoms with E-state index in [4.69, 9.17) is 4.74 Å². The predicted octanol–water partition coefficient (Wildman–Crippen LogP) is 7.29. The minimum Gasteiger partial charge on any atom is -0.496 e. The first kappa shape index (κ1) is 20.5. The SMILES string of the molecule is COc1cc(/C(=C/c2ccc3ccccc3c2)c2ccc3ccccc3c2)ccc1C(=O)O. The number of carbonyl (C=O) groups is 1. The second-order valence-electron chi connectivity index (χ2n) is 7.95. The van der Waals surface area contributed by atoms with Crippen molar-refractivity contribution in [1.82, 2.24) is 0 Å².